The van der Waals surface area contributed by atoms with E-state index < -0.39 is 10.0 Å². The molecule has 0 aliphatic heterocycles. The van der Waals surface area contributed by atoms with E-state index in [4.69, 9.17) is 11.6 Å². The lowest BCUT2D eigenvalue weighted by Crippen LogP contribution is -2.34. The van der Waals surface area contributed by atoms with Gasteiger partial charge in [0.25, 0.3) is 10.0 Å². The fourth-order valence-electron chi connectivity index (χ4n) is 2.17. The molecular weight excluding hydrogens is 390 g/mol. The molecule has 2 aromatic carbocycles. The zero-order valence-corrected chi connectivity index (χ0v) is 17.3. The van der Waals surface area contributed by atoms with E-state index in [1.807, 2.05) is 32.9 Å². The first-order valence-corrected chi connectivity index (χ1v) is 10.7. The molecule has 8 heteroatoms. The van der Waals surface area contributed by atoms with Crippen molar-refractivity contribution in [3.63, 3.8) is 0 Å². The lowest BCUT2D eigenvalue weighted by Gasteiger charge is -2.24. The first-order valence-electron chi connectivity index (χ1n) is 8.10. The van der Waals surface area contributed by atoms with Gasteiger partial charge < -0.3 is 0 Å². The Morgan fingerprint density at radius 2 is 1.92 bits per heavy atom. The van der Waals surface area contributed by atoms with Gasteiger partial charge in [-0.25, -0.2) is 13.1 Å². The van der Waals surface area contributed by atoms with Crippen molar-refractivity contribution in [3.05, 3.63) is 59.1 Å². The van der Waals surface area contributed by atoms with Crippen LogP contribution in [0.25, 0.3) is 0 Å². The molecule has 1 N–H and O–H groups in total. The summed E-state index contributed by atoms with van der Waals surface area (Å²) in [6.45, 7) is 6.02. The molecule has 2 rings (SSSR count). The van der Waals surface area contributed by atoms with Crippen LogP contribution in [0.15, 0.2) is 58.4 Å². The third-order valence-electron chi connectivity index (χ3n) is 3.42. The fraction of sp³-hybridized carbons (Fsp3) is 0.278. The molecule has 0 radical (unpaired) electrons. The largest absolute Gasteiger partial charge is 0.260 e. The van der Waals surface area contributed by atoms with Gasteiger partial charge >= 0.3 is 0 Å². The molecule has 0 saturated heterocycles. The number of halogens is 1. The molecule has 0 unspecified atom stereocenters. The molecule has 0 atom stereocenters. The first kappa shape index (κ1) is 20.9. The molecule has 0 saturated carbocycles. The van der Waals surface area contributed by atoms with Crippen LogP contribution >= 0.6 is 23.7 Å². The maximum Gasteiger partial charge on any atom is 0.253 e. The standard InChI is InChI=1S/C18H22ClN3O2S2/c1-14(2)22(26(23,24)17-7-5-4-6-8-17)25-21-12-11-20-18-10-9-16(19)13-15(18)3/h4-11,13-14,21H,12H2,1-3H3. The van der Waals surface area contributed by atoms with Gasteiger partial charge in [-0.3, -0.25) is 4.99 Å². The number of hydrogen-bond donors (Lipinski definition) is 1. The van der Waals surface area contributed by atoms with Gasteiger partial charge in [0, 0.05) is 36.0 Å². The number of hydrogen-bond acceptors (Lipinski definition) is 5. The summed E-state index contributed by atoms with van der Waals surface area (Å²) in [4.78, 5) is 4.65. The molecule has 0 spiro atoms. The topological polar surface area (TPSA) is 61.8 Å². The number of nitrogens with zero attached hydrogens (tertiary/aromatic N) is 2. The van der Waals surface area contributed by atoms with Crippen molar-refractivity contribution in [1.82, 2.24) is 8.43 Å². The van der Waals surface area contributed by atoms with Crippen LogP contribution < -0.4 is 4.72 Å². The van der Waals surface area contributed by atoms with Crippen LogP contribution in [-0.4, -0.2) is 30.9 Å². The Labute approximate surface area is 164 Å². The Kier molecular flexibility index (Phi) is 7.67. The average Bonchev–Trinajstić information content (AvgIpc) is 2.59. The van der Waals surface area contributed by atoms with Crippen LogP contribution in [0.1, 0.15) is 19.4 Å². The van der Waals surface area contributed by atoms with E-state index in [-0.39, 0.29) is 10.9 Å². The van der Waals surface area contributed by atoms with Gasteiger partial charge in [0.2, 0.25) is 0 Å². The number of rotatable bonds is 8. The van der Waals surface area contributed by atoms with E-state index >= 15 is 0 Å². The second kappa shape index (κ2) is 9.53. The van der Waals surface area contributed by atoms with Gasteiger partial charge in [0.1, 0.15) is 0 Å². The van der Waals surface area contributed by atoms with Crippen molar-refractivity contribution in [3.8, 4) is 0 Å². The normalized spacial score (nSPS) is 12.4. The maximum atomic E-state index is 12.8. The monoisotopic (exact) mass is 411 g/mol. The number of nitrogens with one attached hydrogen (secondary N) is 1. The minimum atomic E-state index is -3.58. The van der Waals surface area contributed by atoms with E-state index in [9.17, 15) is 8.42 Å². The van der Waals surface area contributed by atoms with Crippen molar-refractivity contribution in [2.45, 2.75) is 31.7 Å². The zero-order chi connectivity index (χ0) is 19.2. The van der Waals surface area contributed by atoms with Crippen LogP contribution in [0.3, 0.4) is 0 Å². The van der Waals surface area contributed by atoms with Crippen molar-refractivity contribution in [2.24, 2.45) is 4.99 Å². The Morgan fingerprint density at radius 3 is 2.54 bits per heavy atom. The minimum Gasteiger partial charge on any atom is -0.260 e. The third-order valence-corrected chi connectivity index (χ3v) is 7.13. The predicted octanol–water partition coefficient (Wildman–Crippen LogP) is 4.60. The van der Waals surface area contributed by atoms with Gasteiger partial charge in [-0.1, -0.05) is 29.8 Å². The molecule has 0 aliphatic carbocycles. The quantitative estimate of drug-likeness (QED) is 0.391. The van der Waals surface area contributed by atoms with Crippen LogP contribution in [0.5, 0.6) is 0 Å². The molecule has 2 aromatic rings. The molecule has 140 valence electrons. The highest BCUT2D eigenvalue weighted by Gasteiger charge is 2.27. The molecule has 5 nitrogen and oxygen atoms in total. The van der Waals surface area contributed by atoms with E-state index in [0.29, 0.717) is 11.6 Å². The summed E-state index contributed by atoms with van der Waals surface area (Å²) in [5.74, 6) is 0. The first-order chi connectivity index (χ1) is 12.3. The Hall–Kier alpha value is -1.38. The van der Waals surface area contributed by atoms with Gasteiger partial charge in [-0.15, -0.1) is 3.71 Å². The van der Waals surface area contributed by atoms with Crippen molar-refractivity contribution >= 4 is 45.7 Å². The van der Waals surface area contributed by atoms with Crippen LogP contribution in [-0.2, 0) is 10.0 Å². The van der Waals surface area contributed by atoms with E-state index in [1.54, 1.807) is 42.6 Å². The Balaban J connectivity index is 1.98. The molecule has 0 bridgehead atoms. The Bertz CT molecular complexity index is 856. The number of benzene rings is 2. The number of aryl methyl sites for hydroxylation is 1. The van der Waals surface area contributed by atoms with E-state index in [0.717, 1.165) is 23.4 Å². The van der Waals surface area contributed by atoms with Gasteiger partial charge in [-0.2, -0.15) is 0 Å². The number of aliphatic imine (C=N–C) groups is 1. The van der Waals surface area contributed by atoms with Gasteiger partial charge in [0.15, 0.2) is 0 Å². The average molecular weight is 412 g/mol. The van der Waals surface area contributed by atoms with Crippen LogP contribution in [0.2, 0.25) is 5.02 Å². The summed E-state index contributed by atoms with van der Waals surface area (Å²) in [7, 11) is -3.58. The number of sulfonamides is 1. The van der Waals surface area contributed by atoms with Crippen LogP contribution in [0.4, 0.5) is 5.69 Å². The summed E-state index contributed by atoms with van der Waals surface area (Å²) in [5, 5.41) is 0.675. The lowest BCUT2D eigenvalue weighted by atomic mass is 10.2. The van der Waals surface area contributed by atoms with Crippen LogP contribution in [0, 0.1) is 6.92 Å². The molecule has 0 heterocycles. The van der Waals surface area contributed by atoms with Crippen molar-refractivity contribution in [1.29, 1.82) is 0 Å². The van der Waals surface area contributed by atoms with Gasteiger partial charge in [-0.05, 0) is 56.7 Å². The maximum absolute atomic E-state index is 12.8. The SMILES string of the molecule is Cc1cc(Cl)ccc1N=CCNSN(C(C)C)S(=O)(=O)c1ccccc1. The highest BCUT2D eigenvalue weighted by atomic mass is 35.5. The second-order valence-corrected chi connectivity index (χ2v) is 9.20. The molecule has 0 amide bonds. The summed E-state index contributed by atoms with van der Waals surface area (Å²) >= 11 is 6.98. The smallest absolute Gasteiger partial charge is 0.253 e. The fourth-order valence-corrected chi connectivity index (χ4v) is 4.96. The third kappa shape index (κ3) is 5.56. The summed E-state index contributed by atoms with van der Waals surface area (Å²) in [6.07, 6.45) is 1.71. The lowest BCUT2D eigenvalue weighted by molar-refractivity contribution is 0.500. The highest BCUT2D eigenvalue weighted by molar-refractivity contribution is 8.07. The van der Waals surface area contributed by atoms with E-state index in [2.05, 4.69) is 9.71 Å². The summed E-state index contributed by atoms with van der Waals surface area (Å²) < 4.78 is 29.9. The molecule has 26 heavy (non-hydrogen) atoms. The Morgan fingerprint density at radius 1 is 1.23 bits per heavy atom. The zero-order valence-electron chi connectivity index (χ0n) is 14.9. The minimum absolute atomic E-state index is 0.201. The summed E-state index contributed by atoms with van der Waals surface area (Å²) in [5.41, 5.74) is 1.82. The summed E-state index contributed by atoms with van der Waals surface area (Å²) in [6, 6.07) is 13.7. The van der Waals surface area contributed by atoms with Crippen molar-refractivity contribution < 1.29 is 8.42 Å². The molecule has 0 fully saturated rings. The van der Waals surface area contributed by atoms with E-state index in [1.165, 1.54) is 3.71 Å². The second-order valence-electron chi connectivity index (χ2n) is 5.85. The molecular formula is C18H22ClN3O2S2. The van der Waals surface area contributed by atoms with Crippen molar-refractivity contribution in [2.75, 3.05) is 6.54 Å². The predicted molar refractivity (Wildman–Crippen MR) is 111 cm³/mol. The molecule has 0 aromatic heterocycles. The van der Waals surface area contributed by atoms with Gasteiger partial charge in [0.05, 0.1) is 10.6 Å². The molecule has 0 aliphatic rings. The highest BCUT2D eigenvalue weighted by Crippen LogP contribution is 2.24.